The van der Waals surface area contributed by atoms with Crippen molar-refractivity contribution in [1.29, 1.82) is 0 Å². The molecule has 2 aromatic heterocycles. The monoisotopic (exact) mass is 478 g/mol. The number of aryl methyl sites for hydroxylation is 1. The third-order valence-electron chi connectivity index (χ3n) is 5.73. The number of nitrogens with one attached hydrogen (secondary N) is 1. The molecule has 2 aromatic carbocycles. The maximum atomic E-state index is 13.4. The van der Waals surface area contributed by atoms with Gasteiger partial charge in [0.2, 0.25) is 5.91 Å². The van der Waals surface area contributed by atoms with Crippen LogP contribution in [0.1, 0.15) is 25.1 Å². The number of anilines is 1. The van der Waals surface area contributed by atoms with E-state index in [0.29, 0.717) is 46.2 Å². The van der Waals surface area contributed by atoms with Crippen molar-refractivity contribution in [2.24, 2.45) is 0 Å². The number of hydrogen-bond acceptors (Lipinski definition) is 8. The first-order chi connectivity index (χ1) is 16.9. The van der Waals surface area contributed by atoms with Crippen molar-refractivity contribution in [1.82, 2.24) is 14.9 Å². The average molecular weight is 479 g/mol. The number of benzene rings is 2. The van der Waals surface area contributed by atoms with Crippen LogP contribution in [0.15, 0.2) is 51.8 Å². The van der Waals surface area contributed by atoms with Crippen LogP contribution >= 0.6 is 0 Å². The second kappa shape index (κ2) is 9.88. The maximum absolute atomic E-state index is 13.4. The smallest absolute Gasteiger partial charge is 0.297 e. The van der Waals surface area contributed by atoms with E-state index < -0.39 is 17.5 Å². The molecule has 35 heavy (non-hydrogen) atoms. The Kier molecular flexibility index (Phi) is 6.72. The fourth-order valence-electron chi connectivity index (χ4n) is 3.87. The minimum atomic E-state index is -0.920. The fourth-order valence-corrected chi connectivity index (χ4v) is 3.87. The molecule has 10 nitrogen and oxygen atoms in total. The number of fused-ring (bicyclic) bond motifs is 1. The first kappa shape index (κ1) is 23.8. The summed E-state index contributed by atoms with van der Waals surface area (Å²) in [4.78, 5) is 26.7. The number of amides is 1. The Balaban J connectivity index is 1.81. The van der Waals surface area contributed by atoms with Crippen molar-refractivity contribution < 1.29 is 23.5 Å². The van der Waals surface area contributed by atoms with E-state index in [2.05, 4.69) is 15.6 Å². The van der Waals surface area contributed by atoms with E-state index in [0.717, 1.165) is 10.2 Å². The van der Waals surface area contributed by atoms with Gasteiger partial charge in [0, 0.05) is 11.6 Å². The van der Waals surface area contributed by atoms with Crippen molar-refractivity contribution in [3.05, 3.63) is 58.6 Å². The maximum Gasteiger partial charge on any atom is 0.297 e. The van der Waals surface area contributed by atoms with E-state index in [1.54, 1.807) is 51.3 Å². The molecular formula is C25H26N4O6. The zero-order valence-electron chi connectivity index (χ0n) is 20.1. The average Bonchev–Trinajstić information content (AvgIpc) is 3.27. The van der Waals surface area contributed by atoms with Crippen molar-refractivity contribution in [2.75, 3.05) is 26.6 Å². The zero-order chi connectivity index (χ0) is 25.1. The van der Waals surface area contributed by atoms with E-state index in [1.165, 1.54) is 14.2 Å². The molecule has 0 fully saturated rings. The van der Waals surface area contributed by atoms with Gasteiger partial charge in [0.1, 0.15) is 34.7 Å². The molecule has 0 saturated heterocycles. The van der Waals surface area contributed by atoms with Crippen LogP contribution in [-0.4, -0.2) is 42.2 Å². The summed E-state index contributed by atoms with van der Waals surface area (Å²) in [5.41, 5.74) is 1.20. The number of ether oxygens (including phenoxy) is 3. The standard InChI is InChI=1S/C25H26N4O6/c1-6-19(24(30)26-18-13-17(33-4)11-12-20(18)34-5)29-25(31)23-21(14(2)35-28-23)22(27-29)15-7-9-16(32-3)10-8-15/h7-13,19H,6H2,1-5H3,(H,26,30). The molecule has 0 spiro atoms. The summed E-state index contributed by atoms with van der Waals surface area (Å²) < 4.78 is 22.3. The summed E-state index contributed by atoms with van der Waals surface area (Å²) in [5.74, 6) is 1.70. The molecule has 0 bridgehead atoms. The summed E-state index contributed by atoms with van der Waals surface area (Å²) in [7, 11) is 4.61. The highest BCUT2D eigenvalue weighted by Crippen LogP contribution is 2.31. The first-order valence-corrected chi connectivity index (χ1v) is 11.0. The van der Waals surface area contributed by atoms with E-state index in [-0.39, 0.29) is 5.52 Å². The Morgan fingerprint density at radius 1 is 1.06 bits per heavy atom. The number of aromatic nitrogens is 3. The van der Waals surface area contributed by atoms with Gasteiger partial charge in [-0.05, 0) is 49.7 Å². The lowest BCUT2D eigenvalue weighted by Crippen LogP contribution is -2.35. The molecule has 0 saturated carbocycles. The highest BCUT2D eigenvalue weighted by molar-refractivity contribution is 5.96. The van der Waals surface area contributed by atoms with Gasteiger partial charge >= 0.3 is 0 Å². The van der Waals surface area contributed by atoms with E-state index in [4.69, 9.17) is 18.7 Å². The van der Waals surface area contributed by atoms with Gasteiger partial charge in [0.15, 0.2) is 5.52 Å². The Bertz CT molecular complexity index is 1420. The number of carbonyl (C=O) groups excluding carboxylic acids is 1. The highest BCUT2D eigenvalue weighted by atomic mass is 16.5. The molecule has 1 amide bonds. The van der Waals surface area contributed by atoms with Gasteiger partial charge in [0.05, 0.1) is 32.4 Å². The third kappa shape index (κ3) is 4.42. The van der Waals surface area contributed by atoms with Crippen molar-refractivity contribution in [2.45, 2.75) is 26.3 Å². The van der Waals surface area contributed by atoms with Crippen LogP contribution in [0.2, 0.25) is 0 Å². The summed E-state index contributed by atoms with van der Waals surface area (Å²) in [5, 5.41) is 11.9. The minimum absolute atomic E-state index is 0.105. The van der Waals surface area contributed by atoms with Crippen LogP contribution in [0.25, 0.3) is 22.2 Å². The van der Waals surface area contributed by atoms with Crippen LogP contribution < -0.4 is 25.1 Å². The second-order valence-corrected chi connectivity index (χ2v) is 7.77. The molecule has 0 radical (unpaired) electrons. The predicted molar refractivity (Wildman–Crippen MR) is 130 cm³/mol. The Labute approximate surface area is 201 Å². The van der Waals surface area contributed by atoms with Gasteiger partial charge in [-0.2, -0.15) is 5.10 Å². The van der Waals surface area contributed by atoms with Crippen LogP contribution in [0.3, 0.4) is 0 Å². The molecule has 0 aliphatic heterocycles. The molecule has 1 atom stereocenters. The molecule has 0 aliphatic carbocycles. The molecule has 4 rings (SSSR count). The summed E-state index contributed by atoms with van der Waals surface area (Å²) in [6, 6.07) is 11.4. The van der Waals surface area contributed by atoms with Crippen LogP contribution in [0.4, 0.5) is 5.69 Å². The minimum Gasteiger partial charge on any atom is -0.497 e. The lowest BCUT2D eigenvalue weighted by molar-refractivity contribution is -0.119. The number of rotatable bonds is 8. The topological polar surface area (TPSA) is 118 Å². The lowest BCUT2D eigenvalue weighted by Gasteiger charge is -2.19. The van der Waals surface area contributed by atoms with Crippen LogP contribution in [-0.2, 0) is 4.79 Å². The zero-order valence-corrected chi connectivity index (χ0v) is 20.1. The number of hydrogen-bond donors (Lipinski definition) is 1. The second-order valence-electron chi connectivity index (χ2n) is 7.77. The van der Waals surface area contributed by atoms with Gasteiger partial charge in [-0.25, -0.2) is 4.68 Å². The van der Waals surface area contributed by atoms with E-state index in [1.807, 2.05) is 12.1 Å². The van der Waals surface area contributed by atoms with Crippen LogP contribution in [0.5, 0.6) is 17.2 Å². The van der Waals surface area contributed by atoms with Gasteiger partial charge < -0.3 is 24.1 Å². The fraction of sp³-hybridized carbons (Fsp3) is 0.280. The molecule has 10 heteroatoms. The normalized spacial score (nSPS) is 11.8. The van der Waals surface area contributed by atoms with Crippen molar-refractivity contribution in [3.8, 4) is 28.5 Å². The molecule has 1 N–H and O–H groups in total. The van der Waals surface area contributed by atoms with Crippen molar-refractivity contribution >= 4 is 22.5 Å². The van der Waals surface area contributed by atoms with E-state index >= 15 is 0 Å². The van der Waals surface area contributed by atoms with Gasteiger partial charge in [-0.3, -0.25) is 9.59 Å². The Morgan fingerprint density at radius 3 is 2.37 bits per heavy atom. The molecule has 1 unspecified atom stereocenters. The number of nitrogens with zero attached hydrogens (tertiary/aromatic N) is 3. The lowest BCUT2D eigenvalue weighted by atomic mass is 10.1. The SMILES string of the molecule is CCC(C(=O)Nc1cc(OC)ccc1OC)n1nc(-c2ccc(OC)cc2)c2c(C)onc2c1=O. The molecular weight excluding hydrogens is 452 g/mol. The highest BCUT2D eigenvalue weighted by Gasteiger charge is 2.27. The third-order valence-corrected chi connectivity index (χ3v) is 5.73. The predicted octanol–water partition coefficient (Wildman–Crippen LogP) is 3.98. The van der Waals surface area contributed by atoms with Crippen LogP contribution in [0, 0.1) is 6.92 Å². The summed E-state index contributed by atoms with van der Waals surface area (Å²) >= 11 is 0. The van der Waals surface area contributed by atoms with E-state index in [9.17, 15) is 9.59 Å². The van der Waals surface area contributed by atoms with Crippen molar-refractivity contribution in [3.63, 3.8) is 0 Å². The Morgan fingerprint density at radius 2 is 1.74 bits per heavy atom. The summed E-state index contributed by atoms with van der Waals surface area (Å²) in [6.07, 6.45) is 0.301. The van der Waals surface area contributed by atoms with Gasteiger partial charge in [-0.1, -0.05) is 12.1 Å². The molecule has 0 aliphatic rings. The largest absolute Gasteiger partial charge is 0.497 e. The van der Waals surface area contributed by atoms with Gasteiger partial charge in [0.25, 0.3) is 5.56 Å². The molecule has 4 aromatic rings. The molecule has 2 heterocycles. The summed E-state index contributed by atoms with van der Waals surface area (Å²) in [6.45, 7) is 3.51. The quantitative estimate of drug-likeness (QED) is 0.404. The Hall–Kier alpha value is -4.34. The number of methoxy groups -OCH3 is 3. The van der Waals surface area contributed by atoms with Gasteiger partial charge in [-0.15, -0.1) is 0 Å². The first-order valence-electron chi connectivity index (χ1n) is 11.0. The number of carbonyl (C=O) groups is 1. The molecule has 182 valence electrons.